The normalized spacial score (nSPS) is 16.4. The van der Waals surface area contributed by atoms with Crippen LogP contribution in [0, 0.1) is 0 Å². The second-order valence-electron chi connectivity index (χ2n) is 5.55. The van der Waals surface area contributed by atoms with Crippen molar-refractivity contribution in [2.75, 3.05) is 5.01 Å². The third-order valence-electron chi connectivity index (χ3n) is 3.77. The molecule has 1 aliphatic rings. The van der Waals surface area contributed by atoms with Crippen LogP contribution in [0.5, 0.6) is 0 Å². The fraction of sp³-hybridized carbons (Fsp3) is 0.167. The molecule has 0 spiro atoms. The number of hydrazone groups is 1. The third-order valence-corrected chi connectivity index (χ3v) is 3.77. The average Bonchev–Trinajstić information content (AvgIpc) is 3.09. The minimum atomic E-state index is -0.697. The summed E-state index contributed by atoms with van der Waals surface area (Å²) in [5.41, 5.74) is 9.62. The van der Waals surface area contributed by atoms with Crippen LogP contribution in [0.15, 0.2) is 65.8 Å². The van der Waals surface area contributed by atoms with E-state index >= 15 is 0 Å². The zero-order valence-corrected chi connectivity index (χ0v) is 13.5. The molecule has 0 bridgehead atoms. The molecule has 0 saturated carbocycles. The summed E-state index contributed by atoms with van der Waals surface area (Å²) in [4.78, 5) is 29.1. The minimum Gasteiger partial charge on any atom is -0.368 e. The van der Waals surface area contributed by atoms with E-state index in [4.69, 9.17) is 10.6 Å². The number of rotatable bonds is 6. The van der Waals surface area contributed by atoms with Crippen LogP contribution in [0.2, 0.25) is 0 Å². The summed E-state index contributed by atoms with van der Waals surface area (Å²) < 4.78 is 0. The Bertz CT molecular complexity index is 777. The van der Waals surface area contributed by atoms with Crippen molar-refractivity contribution in [1.29, 1.82) is 0 Å². The van der Waals surface area contributed by atoms with E-state index in [0.29, 0.717) is 5.69 Å². The maximum Gasteiger partial charge on any atom is 0.291 e. The molecule has 7 nitrogen and oxygen atoms in total. The topological polar surface area (TPSA) is 97.0 Å². The Morgan fingerprint density at radius 2 is 1.76 bits per heavy atom. The Balaban J connectivity index is 1.65. The molecule has 0 aliphatic carbocycles. The number of para-hydroxylation sites is 1. The second-order valence-corrected chi connectivity index (χ2v) is 5.55. The number of nitrogens with zero attached hydrogens (tertiary/aromatic N) is 2. The van der Waals surface area contributed by atoms with Gasteiger partial charge in [0.15, 0.2) is 0 Å². The van der Waals surface area contributed by atoms with Gasteiger partial charge < -0.3 is 5.73 Å². The Labute approximate surface area is 145 Å². The molecule has 0 saturated heterocycles. The predicted octanol–water partition coefficient (Wildman–Crippen LogP) is 1.35. The van der Waals surface area contributed by atoms with Crippen molar-refractivity contribution in [3.63, 3.8) is 0 Å². The summed E-state index contributed by atoms with van der Waals surface area (Å²) in [6.45, 7) is 0.238. The van der Waals surface area contributed by atoms with E-state index < -0.39 is 17.9 Å². The zero-order chi connectivity index (χ0) is 17.6. The second kappa shape index (κ2) is 7.59. The maximum absolute atomic E-state index is 12.2. The lowest BCUT2D eigenvalue weighted by Gasteiger charge is -2.20. The molecule has 2 aromatic carbocycles. The Morgan fingerprint density at radius 3 is 2.40 bits per heavy atom. The number of nitrogens with two attached hydrogens (primary N) is 1. The smallest absolute Gasteiger partial charge is 0.291 e. The average molecular weight is 338 g/mol. The Kier molecular flexibility index (Phi) is 5.06. The first-order valence-electron chi connectivity index (χ1n) is 7.82. The van der Waals surface area contributed by atoms with E-state index in [0.717, 1.165) is 5.56 Å². The van der Waals surface area contributed by atoms with Crippen LogP contribution in [0.3, 0.4) is 0 Å². The van der Waals surface area contributed by atoms with Gasteiger partial charge >= 0.3 is 0 Å². The largest absolute Gasteiger partial charge is 0.368 e. The van der Waals surface area contributed by atoms with Crippen LogP contribution in [0.25, 0.3) is 0 Å². The Hall–Kier alpha value is -3.19. The number of hydrogen-bond acceptors (Lipinski definition) is 5. The summed E-state index contributed by atoms with van der Waals surface area (Å²) in [6.07, 6.45) is 0.130. The van der Waals surface area contributed by atoms with Gasteiger partial charge in [-0.05, 0) is 17.7 Å². The molecule has 3 rings (SSSR count). The monoisotopic (exact) mass is 338 g/mol. The lowest BCUT2D eigenvalue weighted by molar-refractivity contribution is -0.127. The first kappa shape index (κ1) is 16.7. The van der Waals surface area contributed by atoms with Gasteiger partial charge in [-0.15, -0.1) is 0 Å². The maximum atomic E-state index is 12.2. The molecule has 25 heavy (non-hydrogen) atoms. The van der Waals surface area contributed by atoms with E-state index in [2.05, 4.69) is 10.6 Å². The standard InChI is InChI=1S/C18H18N4O3/c19-17(23)16-11-15(20-22(16)14-9-5-2-6-10-14)18(24)21-25-12-13-7-3-1-4-8-13/h1-10,16H,11-12H2,(H2,19,23)(H,21,24)/t16-/m0/s1. The number of carbonyl (C=O) groups excluding carboxylic acids is 2. The zero-order valence-electron chi connectivity index (χ0n) is 13.5. The van der Waals surface area contributed by atoms with Crippen LogP contribution < -0.4 is 16.2 Å². The van der Waals surface area contributed by atoms with Crippen LogP contribution in [-0.2, 0) is 21.0 Å². The van der Waals surface area contributed by atoms with E-state index in [1.807, 2.05) is 48.5 Å². The highest BCUT2D eigenvalue weighted by molar-refractivity contribution is 6.40. The van der Waals surface area contributed by atoms with Crippen molar-refractivity contribution >= 4 is 23.2 Å². The van der Waals surface area contributed by atoms with Gasteiger partial charge in [-0.3, -0.25) is 19.4 Å². The van der Waals surface area contributed by atoms with Crippen molar-refractivity contribution in [3.8, 4) is 0 Å². The molecule has 2 amide bonds. The number of amides is 2. The van der Waals surface area contributed by atoms with Crippen LogP contribution in [0.4, 0.5) is 5.69 Å². The molecule has 3 N–H and O–H groups in total. The number of carbonyl (C=O) groups is 2. The number of anilines is 1. The lowest BCUT2D eigenvalue weighted by atomic mass is 10.1. The molecule has 1 atom stereocenters. The molecule has 1 heterocycles. The fourth-order valence-electron chi connectivity index (χ4n) is 2.51. The molecule has 0 radical (unpaired) electrons. The van der Waals surface area contributed by atoms with Crippen LogP contribution >= 0.6 is 0 Å². The number of hydroxylamine groups is 1. The Morgan fingerprint density at radius 1 is 1.12 bits per heavy atom. The van der Waals surface area contributed by atoms with E-state index in [9.17, 15) is 9.59 Å². The van der Waals surface area contributed by atoms with Gasteiger partial charge in [0.25, 0.3) is 5.91 Å². The molecule has 1 aliphatic heterocycles. The predicted molar refractivity (Wildman–Crippen MR) is 93.3 cm³/mol. The summed E-state index contributed by atoms with van der Waals surface area (Å²) in [7, 11) is 0. The van der Waals surface area contributed by atoms with Gasteiger partial charge in [-0.2, -0.15) is 5.10 Å². The quantitative estimate of drug-likeness (QED) is 0.777. The van der Waals surface area contributed by atoms with Gasteiger partial charge in [-0.1, -0.05) is 48.5 Å². The summed E-state index contributed by atoms with van der Waals surface area (Å²) in [6, 6.07) is 17.8. The van der Waals surface area contributed by atoms with Gasteiger partial charge in [-0.25, -0.2) is 5.48 Å². The minimum absolute atomic E-state index is 0.130. The van der Waals surface area contributed by atoms with E-state index in [1.54, 1.807) is 12.1 Å². The van der Waals surface area contributed by atoms with Crippen molar-refractivity contribution in [3.05, 3.63) is 66.2 Å². The number of hydrogen-bond donors (Lipinski definition) is 2. The first-order valence-corrected chi connectivity index (χ1v) is 7.82. The van der Waals surface area contributed by atoms with Crippen LogP contribution in [0.1, 0.15) is 12.0 Å². The van der Waals surface area contributed by atoms with Gasteiger partial charge in [0, 0.05) is 6.42 Å². The van der Waals surface area contributed by atoms with Crippen molar-refractivity contribution in [1.82, 2.24) is 5.48 Å². The third kappa shape index (κ3) is 4.02. The molecular weight excluding hydrogens is 320 g/mol. The van der Waals surface area contributed by atoms with Gasteiger partial charge in [0.05, 0.1) is 12.3 Å². The lowest BCUT2D eigenvalue weighted by Crippen LogP contribution is -2.39. The molecule has 2 aromatic rings. The first-order chi connectivity index (χ1) is 12.1. The summed E-state index contributed by atoms with van der Waals surface area (Å²) in [5, 5.41) is 5.71. The van der Waals surface area contributed by atoms with Crippen molar-refractivity contribution < 1.29 is 14.4 Å². The number of nitrogens with one attached hydrogen (secondary N) is 1. The van der Waals surface area contributed by atoms with Crippen molar-refractivity contribution in [2.24, 2.45) is 10.8 Å². The van der Waals surface area contributed by atoms with E-state index in [1.165, 1.54) is 5.01 Å². The van der Waals surface area contributed by atoms with Crippen LogP contribution in [-0.4, -0.2) is 23.6 Å². The molecular formula is C18H18N4O3. The van der Waals surface area contributed by atoms with Gasteiger partial charge in [0.1, 0.15) is 11.8 Å². The van der Waals surface area contributed by atoms with Gasteiger partial charge in [0.2, 0.25) is 5.91 Å². The molecule has 0 aromatic heterocycles. The van der Waals surface area contributed by atoms with E-state index in [-0.39, 0.29) is 18.7 Å². The molecule has 128 valence electrons. The van der Waals surface area contributed by atoms with Crippen molar-refractivity contribution in [2.45, 2.75) is 19.1 Å². The highest BCUT2D eigenvalue weighted by Gasteiger charge is 2.34. The SMILES string of the molecule is NC(=O)[C@@H]1CC(C(=O)NOCc2ccccc2)=NN1c1ccccc1. The fourth-order valence-corrected chi connectivity index (χ4v) is 2.51. The molecule has 0 fully saturated rings. The number of benzene rings is 2. The summed E-state index contributed by atoms with van der Waals surface area (Å²) >= 11 is 0. The number of primary amides is 1. The summed E-state index contributed by atoms with van der Waals surface area (Å²) in [5.74, 6) is -1.03. The molecule has 7 heteroatoms. The highest BCUT2D eigenvalue weighted by Crippen LogP contribution is 2.24. The molecule has 0 unspecified atom stereocenters. The highest BCUT2D eigenvalue weighted by atomic mass is 16.6.